The standard InChI is InChI=1S/C57H96O6/c1-4-7-10-13-16-19-22-25-28-31-34-37-40-43-46-49-55(58)61-52-54(63-57(60)51-48-45-42-39-36-33-30-27-24-21-18-15-12-9-6-3)53-62-56(59)50-47-44-41-38-35-32-29-26-23-20-17-14-11-8-5-2/h7,10,16,18-21,23,25,27-28,30,34,37,54H,4-6,8-9,11-15,17,22,24,26,29,31-33,35-36,38-53H2,1-3H3/b10-7-,19-16-,21-18-,23-20-,28-25-,30-27-,37-34-/t54-/m1/s1. The Bertz CT molecular complexity index is 1240. The highest BCUT2D eigenvalue weighted by Crippen LogP contribution is 2.13. The van der Waals surface area contributed by atoms with Crippen molar-refractivity contribution < 1.29 is 28.6 Å². The highest BCUT2D eigenvalue weighted by Gasteiger charge is 2.19. The summed E-state index contributed by atoms with van der Waals surface area (Å²) in [7, 11) is 0. The summed E-state index contributed by atoms with van der Waals surface area (Å²) in [6.07, 6.45) is 65.6. The van der Waals surface area contributed by atoms with Crippen LogP contribution in [0.5, 0.6) is 0 Å². The van der Waals surface area contributed by atoms with Crippen molar-refractivity contribution in [1.82, 2.24) is 0 Å². The van der Waals surface area contributed by atoms with E-state index < -0.39 is 6.10 Å². The first-order valence-corrected chi connectivity index (χ1v) is 26.1. The molecule has 0 aliphatic carbocycles. The maximum atomic E-state index is 12.8. The zero-order valence-electron chi connectivity index (χ0n) is 41.1. The molecule has 6 nitrogen and oxygen atoms in total. The smallest absolute Gasteiger partial charge is 0.306 e. The molecule has 1 atom stereocenters. The van der Waals surface area contributed by atoms with Crippen molar-refractivity contribution in [3.8, 4) is 0 Å². The normalized spacial score (nSPS) is 12.7. The third-order valence-electron chi connectivity index (χ3n) is 10.9. The van der Waals surface area contributed by atoms with Gasteiger partial charge in [-0.05, 0) is 116 Å². The maximum absolute atomic E-state index is 12.8. The van der Waals surface area contributed by atoms with Crippen LogP contribution < -0.4 is 0 Å². The van der Waals surface area contributed by atoms with E-state index in [1.54, 1.807) is 0 Å². The third-order valence-corrected chi connectivity index (χ3v) is 10.9. The molecule has 0 rings (SSSR count). The number of ether oxygens (including phenoxy) is 3. The summed E-state index contributed by atoms with van der Waals surface area (Å²) in [5.74, 6) is -0.960. The molecule has 0 aromatic carbocycles. The van der Waals surface area contributed by atoms with E-state index in [0.717, 1.165) is 109 Å². The predicted octanol–water partition coefficient (Wildman–Crippen LogP) is 17.2. The minimum Gasteiger partial charge on any atom is -0.462 e. The fraction of sp³-hybridized carbons (Fsp3) is 0.702. The zero-order chi connectivity index (χ0) is 45.8. The SMILES string of the molecule is CC/C=C\C/C=C\C/C=C\C/C=C\CCCCC(=O)OC[C@H](COC(=O)CCCCCCCCC/C=C\CCCCCC)OC(=O)CCCCCCC/C=C\C/C=C\CCCCC. The van der Waals surface area contributed by atoms with Crippen LogP contribution in [-0.2, 0) is 28.6 Å². The van der Waals surface area contributed by atoms with Gasteiger partial charge in [0.2, 0.25) is 0 Å². The average Bonchev–Trinajstić information content (AvgIpc) is 3.28. The first kappa shape index (κ1) is 59.6. The number of hydrogen-bond donors (Lipinski definition) is 0. The lowest BCUT2D eigenvalue weighted by atomic mass is 10.1. The Kier molecular flexibility index (Phi) is 48.5. The van der Waals surface area contributed by atoms with E-state index in [0.29, 0.717) is 19.3 Å². The Labute approximate surface area is 388 Å². The van der Waals surface area contributed by atoms with Crippen LogP contribution in [0.2, 0.25) is 0 Å². The molecule has 63 heavy (non-hydrogen) atoms. The number of allylic oxidation sites excluding steroid dienone is 14. The van der Waals surface area contributed by atoms with Crippen molar-refractivity contribution in [2.24, 2.45) is 0 Å². The molecule has 6 heteroatoms. The summed E-state index contributed by atoms with van der Waals surface area (Å²) in [6.45, 7) is 6.43. The number of hydrogen-bond acceptors (Lipinski definition) is 6. The van der Waals surface area contributed by atoms with Crippen molar-refractivity contribution in [3.63, 3.8) is 0 Å². The second-order valence-corrected chi connectivity index (χ2v) is 17.0. The van der Waals surface area contributed by atoms with Gasteiger partial charge in [-0.1, -0.05) is 189 Å². The Morgan fingerprint density at radius 2 is 0.619 bits per heavy atom. The lowest BCUT2D eigenvalue weighted by molar-refractivity contribution is -0.167. The molecule has 0 aromatic rings. The first-order chi connectivity index (χ1) is 31.0. The van der Waals surface area contributed by atoms with Gasteiger partial charge in [0, 0.05) is 19.3 Å². The molecule has 0 saturated carbocycles. The number of carbonyl (C=O) groups is 3. The number of rotatable bonds is 46. The molecule has 0 aromatic heterocycles. The summed E-state index contributed by atoms with van der Waals surface area (Å²) < 4.78 is 16.8. The van der Waals surface area contributed by atoms with E-state index in [9.17, 15) is 14.4 Å². The van der Waals surface area contributed by atoms with Crippen LogP contribution in [0.4, 0.5) is 0 Å². The van der Waals surface area contributed by atoms with Gasteiger partial charge in [0.05, 0.1) is 0 Å². The third kappa shape index (κ3) is 49.5. The second kappa shape index (κ2) is 51.2. The van der Waals surface area contributed by atoms with Gasteiger partial charge < -0.3 is 14.2 Å². The highest BCUT2D eigenvalue weighted by atomic mass is 16.6. The fourth-order valence-electron chi connectivity index (χ4n) is 6.93. The predicted molar refractivity (Wildman–Crippen MR) is 270 cm³/mol. The first-order valence-electron chi connectivity index (χ1n) is 26.1. The molecule has 360 valence electrons. The van der Waals surface area contributed by atoms with Crippen LogP contribution in [-0.4, -0.2) is 37.2 Å². The van der Waals surface area contributed by atoms with Crippen molar-refractivity contribution in [2.45, 2.75) is 245 Å². The highest BCUT2D eigenvalue weighted by molar-refractivity contribution is 5.71. The van der Waals surface area contributed by atoms with E-state index in [1.807, 2.05) is 0 Å². The van der Waals surface area contributed by atoms with Gasteiger partial charge in [-0.25, -0.2) is 0 Å². The molecule has 0 aliphatic heterocycles. The van der Waals surface area contributed by atoms with E-state index >= 15 is 0 Å². The molecule has 0 aliphatic rings. The average molecular weight is 877 g/mol. The van der Waals surface area contributed by atoms with Gasteiger partial charge in [0.15, 0.2) is 6.10 Å². The van der Waals surface area contributed by atoms with E-state index in [-0.39, 0.29) is 31.1 Å². The Balaban J connectivity index is 4.49. The molecule has 0 unspecified atom stereocenters. The van der Waals surface area contributed by atoms with Gasteiger partial charge in [0.1, 0.15) is 13.2 Å². The molecule has 0 heterocycles. The van der Waals surface area contributed by atoms with Crippen LogP contribution in [0.25, 0.3) is 0 Å². The van der Waals surface area contributed by atoms with E-state index in [2.05, 4.69) is 106 Å². The Hall–Kier alpha value is -3.41. The fourth-order valence-corrected chi connectivity index (χ4v) is 6.93. The monoisotopic (exact) mass is 877 g/mol. The van der Waals surface area contributed by atoms with Crippen LogP contribution in [0.15, 0.2) is 85.1 Å². The quantitative estimate of drug-likeness (QED) is 0.0262. The van der Waals surface area contributed by atoms with E-state index in [1.165, 1.54) is 89.9 Å². The summed E-state index contributed by atoms with van der Waals surface area (Å²) in [4.78, 5) is 38.0. The largest absolute Gasteiger partial charge is 0.462 e. The lowest BCUT2D eigenvalue weighted by Gasteiger charge is -2.18. The van der Waals surface area contributed by atoms with Crippen molar-refractivity contribution in [2.75, 3.05) is 13.2 Å². The van der Waals surface area contributed by atoms with Gasteiger partial charge in [-0.2, -0.15) is 0 Å². The molecule has 0 bridgehead atoms. The molecule has 0 amide bonds. The minimum atomic E-state index is -0.802. The molecule has 0 spiro atoms. The van der Waals surface area contributed by atoms with Gasteiger partial charge in [0.25, 0.3) is 0 Å². The summed E-state index contributed by atoms with van der Waals surface area (Å²) >= 11 is 0. The second-order valence-electron chi connectivity index (χ2n) is 17.0. The van der Waals surface area contributed by atoms with Crippen LogP contribution >= 0.6 is 0 Å². The Morgan fingerprint density at radius 1 is 0.333 bits per heavy atom. The summed E-state index contributed by atoms with van der Waals surface area (Å²) in [6, 6.07) is 0. The number of carbonyl (C=O) groups excluding carboxylic acids is 3. The maximum Gasteiger partial charge on any atom is 0.306 e. The van der Waals surface area contributed by atoms with Crippen molar-refractivity contribution >= 4 is 17.9 Å². The Morgan fingerprint density at radius 3 is 1.05 bits per heavy atom. The van der Waals surface area contributed by atoms with Crippen molar-refractivity contribution in [3.05, 3.63) is 85.1 Å². The molecular formula is C57H96O6. The molecular weight excluding hydrogens is 781 g/mol. The summed E-state index contributed by atoms with van der Waals surface area (Å²) in [5.41, 5.74) is 0. The van der Waals surface area contributed by atoms with Gasteiger partial charge in [-0.15, -0.1) is 0 Å². The van der Waals surface area contributed by atoms with Crippen LogP contribution in [0, 0.1) is 0 Å². The number of esters is 3. The minimum absolute atomic E-state index is 0.0982. The molecule has 0 saturated heterocycles. The van der Waals surface area contributed by atoms with Crippen LogP contribution in [0.3, 0.4) is 0 Å². The van der Waals surface area contributed by atoms with Crippen molar-refractivity contribution in [1.29, 1.82) is 0 Å². The topological polar surface area (TPSA) is 78.9 Å². The molecule has 0 fully saturated rings. The molecule has 0 N–H and O–H groups in total. The summed E-state index contributed by atoms with van der Waals surface area (Å²) in [5, 5.41) is 0. The van der Waals surface area contributed by atoms with E-state index in [4.69, 9.17) is 14.2 Å². The molecule has 0 radical (unpaired) electrons. The van der Waals surface area contributed by atoms with Crippen LogP contribution in [0.1, 0.15) is 239 Å². The van der Waals surface area contributed by atoms with Gasteiger partial charge >= 0.3 is 17.9 Å². The number of unbranched alkanes of at least 4 members (excludes halogenated alkanes) is 21. The lowest BCUT2D eigenvalue weighted by Crippen LogP contribution is -2.30. The van der Waals surface area contributed by atoms with Gasteiger partial charge in [-0.3, -0.25) is 14.4 Å². The zero-order valence-corrected chi connectivity index (χ0v) is 41.1.